The van der Waals surface area contributed by atoms with E-state index < -0.39 is 6.04 Å². The number of carbonyl (C=O) groups is 2. The molecule has 5 nitrogen and oxygen atoms in total. The van der Waals surface area contributed by atoms with Gasteiger partial charge in [-0.1, -0.05) is 33.3 Å². The SMILES string of the molecule is C#CCCC(=O)N[C@H](CCC)C(=O)N1C(=C)C=C(OC)[C@@H]1CCC. The molecule has 0 fully saturated rings. The molecule has 0 aliphatic carbocycles. The van der Waals surface area contributed by atoms with E-state index in [1.54, 1.807) is 18.1 Å². The summed E-state index contributed by atoms with van der Waals surface area (Å²) >= 11 is 0. The Morgan fingerprint density at radius 2 is 2.17 bits per heavy atom. The predicted octanol–water partition coefficient (Wildman–Crippen LogP) is 2.74. The third-order valence-electron chi connectivity index (χ3n) is 4.00. The van der Waals surface area contributed by atoms with Crippen molar-refractivity contribution in [1.82, 2.24) is 10.2 Å². The summed E-state index contributed by atoms with van der Waals surface area (Å²) in [4.78, 5) is 26.7. The second-order valence-electron chi connectivity index (χ2n) is 5.87. The number of nitrogens with zero attached hydrogens (tertiary/aromatic N) is 1. The van der Waals surface area contributed by atoms with Crippen LogP contribution in [0.15, 0.2) is 24.1 Å². The van der Waals surface area contributed by atoms with Gasteiger partial charge in [0.2, 0.25) is 11.8 Å². The van der Waals surface area contributed by atoms with Gasteiger partial charge in [-0.3, -0.25) is 9.59 Å². The van der Waals surface area contributed by atoms with Gasteiger partial charge in [-0.25, -0.2) is 0 Å². The molecule has 0 bridgehead atoms. The topological polar surface area (TPSA) is 58.6 Å². The van der Waals surface area contributed by atoms with Gasteiger partial charge >= 0.3 is 0 Å². The fraction of sp³-hybridized carbons (Fsp3) is 0.579. The molecule has 2 atom stereocenters. The molecule has 24 heavy (non-hydrogen) atoms. The maximum Gasteiger partial charge on any atom is 0.250 e. The molecule has 0 spiro atoms. The van der Waals surface area contributed by atoms with Gasteiger partial charge in [-0.15, -0.1) is 12.3 Å². The number of rotatable bonds is 9. The number of allylic oxidation sites excluding steroid dienone is 1. The van der Waals surface area contributed by atoms with Crippen molar-refractivity contribution in [2.24, 2.45) is 0 Å². The summed E-state index contributed by atoms with van der Waals surface area (Å²) in [5.41, 5.74) is 0.606. The smallest absolute Gasteiger partial charge is 0.250 e. The van der Waals surface area contributed by atoms with Crippen LogP contribution in [0.2, 0.25) is 0 Å². The minimum Gasteiger partial charge on any atom is -0.499 e. The van der Waals surface area contributed by atoms with Crippen molar-refractivity contribution in [3.8, 4) is 12.3 Å². The molecule has 0 unspecified atom stereocenters. The van der Waals surface area contributed by atoms with Crippen LogP contribution in [0, 0.1) is 12.3 Å². The summed E-state index contributed by atoms with van der Waals surface area (Å²) in [6.45, 7) is 8.01. The molecular weight excluding hydrogens is 304 g/mol. The zero-order valence-electron chi connectivity index (χ0n) is 14.9. The van der Waals surface area contributed by atoms with Crippen molar-refractivity contribution >= 4 is 11.8 Å². The average molecular weight is 332 g/mol. The highest BCUT2D eigenvalue weighted by Gasteiger charge is 2.37. The number of carbonyl (C=O) groups excluding carboxylic acids is 2. The van der Waals surface area contributed by atoms with Crippen molar-refractivity contribution in [2.45, 2.75) is 64.5 Å². The van der Waals surface area contributed by atoms with Crippen LogP contribution in [-0.4, -0.2) is 35.9 Å². The second-order valence-corrected chi connectivity index (χ2v) is 5.87. The molecule has 0 radical (unpaired) electrons. The third-order valence-corrected chi connectivity index (χ3v) is 4.00. The third kappa shape index (κ3) is 4.89. The van der Waals surface area contributed by atoms with Crippen LogP contribution in [-0.2, 0) is 14.3 Å². The highest BCUT2D eigenvalue weighted by molar-refractivity contribution is 5.89. The minimum absolute atomic E-state index is 0.141. The van der Waals surface area contributed by atoms with E-state index in [0.29, 0.717) is 18.5 Å². The Bertz CT molecular complexity index is 545. The van der Waals surface area contributed by atoms with Crippen molar-refractivity contribution in [1.29, 1.82) is 0 Å². The van der Waals surface area contributed by atoms with Crippen LogP contribution in [0.4, 0.5) is 0 Å². The van der Waals surface area contributed by atoms with Crippen LogP contribution >= 0.6 is 0 Å². The molecule has 132 valence electrons. The summed E-state index contributed by atoms with van der Waals surface area (Å²) in [6.07, 6.45) is 10.6. The largest absolute Gasteiger partial charge is 0.499 e. The van der Waals surface area contributed by atoms with E-state index in [-0.39, 0.29) is 24.3 Å². The molecule has 1 aliphatic heterocycles. The summed E-state index contributed by atoms with van der Waals surface area (Å²) in [5, 5.41) is 2.81. The number of amides is 2. The van der Waals surface area contributed by atoms with Gasteiger partial charge in [-0.05, 0) is 12.8 Å². The fourth-order valence-electron chi connectivity index (χ4n) is 2.86. The van der Waals surface area contributed by atoms with Crippen LogP contribution < -0.4 is 5.32 Å². The van der Waals surface area contributed by atoms with E-state index in [4.69, 9.17) is 11.2 Å². The lowest BCUT2D eigenvalue weighted by Crippen LogP contribution is -2.50. The van der Waals surface area contributed by atoms with Crippen LogP contribution in [0.25, 0.3) is 0 Å². The molecule has 1 aliphatic rings. The Morgan fingerprint density at radius 1 is 1.46 bits per heavy atom. The monoisotopic (exact) mass is 332 g/mol. The molecule has 0 saturated heterocycles. The van der Waals surface area contributed by atoms with Crippen molar-refractivity contribution in [2.75, 3.05) is 7.11 Å². The first kappa shape index (κ1) is 19.8. The van der Waals surface area contributed by atoms with Crippen LogP contribution in [0.5, 0.6) is 0 Å². The maximum atomic E-state index is 13.0. The van der Waals surface area contributed by atoms with E-state index in [1.807, 2.05) is 6.92 Å². The molecule has 2 amide bonds. The number of ether oxygens (including phenoxy) is 1. The number of hydrogen-bond donors (Lipinski definition) is 1. The van der Waals surface area contributed by atoms with Crippen LogP contribution in [0.1, 0.15) is 52.4 Å². The molecule has 0 aromatic heterocycles. The molecule has 1 rings (SSSR count). The first-order valence-corrected chi connectivity index (χ1v) is 8.50. The van der Waals surface area contributed by atoms with Gasteiger partial charge in [0.1, 0.15) is 11.8 Å². The van der Waals surface area contributed by atoms with Gasteiger partial charge in [0.15, 0.2) is 0 Å². The molecule has 0 aromatic carbocycles. The number of methoxy groups -OCH3 is 1. The Balaban J connectivity index is 2.90. The lowest BCUT2D eigenvalue weighted by molar-refractivity contribution is -0.136. The van der Waals surface area contributed by atoms with E-state index in [2.05, 4.69) is 24.7 Å². The first-order valence-electron chi connectivity index (χ1n) is 8.50. The highest BCUT2D eigenvalue weighted by Crippen LogP contribution is 2.30. The van der Waals surface area contributed by atoms with E-state index >= 15 is 0 Å². The zero-order valence-corrected chi connectivity index (χ0v) is 14.9. The second kappa shape index (κ2) is 9.82. The predicted molar refractivity (Wildman–Crippen MR) is 94.7 cm³/mol. The summed E-state index contributed by atoms with van der Waals surface area (Å²) < 4.78 is 5.40. The van der Waals surface area contributed by atoms with Gasteiger partial charge < -0.3 is 15.0 Å². The lowest BCUT2D eigenvalue weighted by atomic mass is 10.1. The number of hydrogen-bond acceptors (Lipinski definition) is 3. The van der Waals surface area contributed by atoms with Crippen molar-refractivity contribution in [3.05, 3.63) is 24.1 Å². The van der Waals surface area contributed by atoms with E-state index in [1.165, 1.54) is 0 Å². The zero-order chi connectivity index (χ0) is 18.1. The molecular formula is C19H28N2O3. The van der Waals surface area contributed by atoms with Gasteiger partial charge in [0.05, 0.1) is 13.2 Å². The minimum atomic E-state index is -0.569. The van der Waals surface area contributed by atoms with Crippen molar-refractivity contribution in [3.63, 3.8) is 0 Å². The quantitative estimate of drug-likeness (QED) is 0.661. The number of terminal acetylenes is 1. The normalized spacial score (nSPS) is 17.9. The van der Waals surface area contributed by atoms with E-state index in [9.17, 15) is 9.59 Å². The fourth-order valence-corrected chi connectivity index (χ4v) is 2.86. The lowest BCUT2D eigenvalue weighted by Gasteiger charge is -2.30. The first-order chi connectivity index (χ1) is 11.5. The average Bonchev–Trinajstić information content (AvgIpc) is 2.87. The Kier molecular flexibility index (Phi) is 8.11. The Morgan fingerprint density at radius 3 is 2.71 bits per heavy atom. The molecule has 5 heteroatoms. The van der Waals surface area contributed by atoms with E-state index in [0.717, 1.165) is 25.0 Å². The highest BCUT2D eigenvalue weighted by atomic mass is 16.5. The Hall–Kier alpha value is -2.22. The molecule has 0 saturated carbocycles. The van der Waals surface area contributed by atoms with Crippen molar-refractivity contribution < 1.29 is 14.3 Å². The Labute approximate surface area is 145 Å². The van der Waals surface area contributed by atoms with Gasteiger partial charge in [0.25, 0.3) is 0 Å². The standard InChI is InChI=1S/C19H28N2O3/c1-6-9-12-18(22)20-15(10-7-2)19(23)21-14(4)13-17(24-5)16(21)11-8-3/h1,13,15-16H,4,7-12H2,2-3,5H3,(H,20,22)/t15-,16+/m1/s1. The summed E-state index contributed by atoms with van der Waals surface area (Å²) in [7, 11) is 1.60. The van der Waals surface area contributed by atoms with Gasteiger partial charge in [-0.2, -0.15) is 0 Å². The van der Waals surface area contributed by atoms with Crippen LogP contribution in [0.3, 0.4) is 0 Å². The number of nitrogens with one attached hydrogen (secondary N) is 1. The molecule has 1 heterocycles. The molecule has 0 aromatic rings. The molecule has 1 N–H and O–H groups in total. The maximum absolute atomic E-state index is 13.0. The van der Waals surface area contributed by atoms with Gasteiger partial charge in [0, 0.05) is 24.6 Å². The summed E-state index contributed by atoms with van der Waals surface area (Å²) in [5.74, 6) is 2.84. The summed E-state index contributed by atoms with van der Waals surface area (Å²) in [6, 6.07) is -0.719.